The lowest BCUT2D eigenvalue weighted by Gasteiger charge is -2.40. The number of H-pyrrole nitrogens is 1. The van der Waals surface area contributed by atoms with E-state index in [-0.39, 0.29) is 16.6 Å². The highest BCUT2D eigenvalue weighted by Gasteiger charge is 2.59. The minimum absolute atomic E-state index is 0.0525. The zero-order valence-electron chi connectivity index (χ0n) is 18.7. The Morgan fingerprint density at radius 1 is 1.18 bits per heavy atom. The van der Waals surface area contributed by atoms with Crippen LogP contribution < -0.4 is 15.8 Å². The Hall–Kier alpha value is -3.34. The van der Waals surface area contributed by atoms with Crippen molar-refractivity contribution in [2.75, 3.05) is 31.6 Å². The minimum atomic E-state index is -0.631. The zero-order chi connectivity index (χ0) is 23.6. The molecular weight excluding hydrogens is 444 g/mol. The first-order valence-electron chi connectivity index (χ1n) is 11.6. The van der Waals surface area contributed by atoms with E-state index in [2.05, 4.69) is 25.3 Å². The van der Waals surface area contributed by atoms with Crippen molar-refractivity contribution in [1.82, 2.24) is 29.8 Å². The fourth-order valence-electron chi connectivity index (χ4n) is 5.97. The zero-order valence-corrected chi connectivity index (χ0v) is 18.7. The molecule has 3 aliphatic heterocycles. The molecule has 3 aromatic heterocycles. The standard InChI is InChI=1S/C23H25F2N7O2/c1-26-20(33)16-2-3-17(19(25)27-16)30-7-4-13(5-8-30)31-12-23(10-14(31)11-23)22-28-21(34)18-15(24)6-9-32(18)29-22/h2-3,6,9,13-14H,4-5,7-8,10-12H2,1H3,(H,26,33)(H,28,29,34). The fraction of sp³-hybridized carbons (Fsp3) is 0.478. The summed E-state index contributed by atoms with van der Waals surface area (Å²) in [6, 6.07) is 5.22. The topological polar surface area (TPSA) is 98.6 Å². The summed E-state index contributed by atoms with van der Waals surface area (Å²) in [6.45, 7) is 2.20. The third-order valence-corrected chi connectivity index (χ3v) is 7.74. The highest BCUT2D eigenvalue weighted by atomic mass is 19.1. The lowest BCUT2D eigenvalue weighted by molar-refractivity contribution is 0.0957. The first-order chi connectivity index (χ1) is 16.4. The van der Waals surface area contributed by atoms with Crippen LogP contribution in [0.5, 0.6) is 0 Å². The number of halogens is 2. The molecule has 178 valence electrons. The molecule has 3 saturated heterocycles. The lowest BCUT2D eigenvalue weighted by atomic mass is 9.69. The van der Waals surface area contributed by atoms with Crippen molar-refractivity contribution in [3.05, 3.63) is 58.0 Å². The molecule has 11 heteroatoms. The summed E-state index contributed by atoms with van der Waals surface area (Å²) in [7, 11) is 1.49. The molecule has 9 nitrogen and oxygen atoms in total. The van der Waals surface area contributed by atoms with Crippen molar-refractivity contribution in [3.8, 4) is 0 Å². The second-order valence-corrected chi connectivity index (χ2v) is 9.58. The summed E-state index contributed by atoms with van der Waals surface area (Å²) in [5.74, 6) is -0.989. The van der Waals surface area contributed by atoms with Crippen molar-refractivity contribution < 1.29 is 13.6 Å². The predicted molar refractivity (Wildman–Crippen MR) is 120 cm³/mol. The first-order valence-corrected chi connectivity index (χ1v) is 11.6. The van der Waals surface area contributed by atoms with Gasteiger partial charge in [0.05, 0.1) is 5.69 Å². The number of aromatic nitrogens is 4. The average Bonchev–Trinajstić information content (AvgIpc) is 3.50. The molecule has 2 N–H and O–H groups in total. The number of carbonyl (C=O) groups excluding carboxylic acids is 1. The molecule has 0 atom stereocenters. The van der Waals surface area contributed by atoms with E-state index < -0.39 is 23.2 Å². The third-order valence-electron chi connectivity index (χ3n) is 7.74. The average molecular weight is 469 g/mol. The van der Waals surface area contributed by atoms with E-state index in [4.69, 9.17) is 0 Å². The molecule has 0 aromatic carbocycles. The molecule has 0 spiro atoms. The Kier molecular flexibility index (Phi) is 4.73. The minimum Gasteiger partial charge on any atom is -0.368 e. The SMILES string of the molecule is CNC(=O)c1ccc(N2CCC(N3CC4(c5nn6ccc(F)c6c(=O)[nH]5)CC3C4)CC2)c(F)n1. The van der Waals surface area contributed by atoms with Crippen LogP contribution in [0.2, 0.25) is 0 Å². The van der Waals surface area contributed by atoms with Gasteiger partial charge in [0.25, 0.3) is 11.5 Å². The second kappa shape index (κ2) is 7.59. The van der Waals surface area contributed by atoms with Crippen molar-refractivity contribution >= 4 is 17.1 Å². The van der Waals surface area contributed by atoms with Crippen molar-refractivity contribution in [1.29, 1.82) is 0 Å². The van der Waals surface area contributed by atoms with Gasteiger partial charge in [-0.2, -0.15) is 9.49 Å². The van der Waals surface area contributed by atoms with Gasteiger partial charge in [-0.3, -0.25) is 14.5 Å². The number of piperidine rings is 1. The van der Waals surface area contributed by atoms with Crippen LogP contribution in [0.25, 0.3) is 5.52 Å². The molecule has 7 rings (SSSR count). The molecule has 2 bridgehead atoms. The van der Waals surface area contributed by atoms with E-state index in [9.17, 15) is 18.4 Å². The molecule has 0 unspecified atom stereocenters. The largest absolute Gasteiger partial charge is 0.368 e. The number of carbonyl (C=O) groups is 1. The molecule has 34 heavy (non-hydrogen) atoms. The maximum absolute atomic E-state index is 14.6. The molecule has 4 aliphatic rings. The van der Waals surface area contributed by atoms with Gasteiger partial charge in [-0.15, -0.1) is 0 Å². The van der Waals surface area contributed by atoms with Gasteiger partial charge >= 0.3 is 0 Å². The molecule has 1 saturated carbocycles. The second-order valence-electron chi connectivity index (χ2n) is 9.58. The molecule has 6 heterocycles. The van der Waals surface area contributed by atoms with Gasteiger partial charge in [-0.1, -0.05) is 0 Å². The number of aromatic amines is 1. The quantitative estimate of drug-likeness (QED) is 0.562. The van der Waals surface area contributed by atoms with Crippen LogP contribution >= 0.6 is 0 Å². The van der Waals surface area contributed by atoms with E-state index in [1.165, 1.54) is 23.8 Å². The van der Waals surface area contributed by atoms with Crippen LogP contribution in [0.15, 0.2) is 29.2 Å². The van der Waals surface area contributed by atoms with Gasteiger partial charge in [0.1, 0.15) is 11.5 Å². The van der Waals surface area contributed by atoms with Crippen LogP contribution in [0.4, 0.5) is 14.5 Å². The number of hydrogen-bond donors (Lipinski definition) is 2. The Labute approximate surface area is 193 Å². The molecule has 1 amide bonds. The number of hydrogen-bond acceptors (Lipinski definition) is 6. The molecule has 3 aromatic rings. The Morgan fingerprint density at radius 3 is 2.65 bits per heavy atom. The van der Waals surface area contributed by atoms with Gasteiger partial charge in [-0.25, -0.2) is 13.9 Å². The summed E-state index contributed by atoms with van der Waals surface area (Å²) in [6.07, 6.45) is 5.09. The maximum Gasteiger partial charge on any atom is 0.278 e. The smallest absolute Gasteiger partial charge is 0.278 e. The van der Waals surface area contributed by atoms with Gasteiger partial charge in [0.15, 0.2) is 11.3 Å². The van der Waals surface area contributed by atoms with Gasteiger partial charge in [0.2, 0.25) is 5.95 Å². The number of anilines is 1. The van der Waals surface area contributed by atoms with Crippen molar-refractivity contribution in [3.63, 3.8) is 0 Å². The monoisotopic (exact) mass is 469 g/mol. The van der Waals surface area contributed by atoms with Crippen LogP contribution in [0, 0.1) is 11.8 Å². The summed E-state index contributed by atoms with van der Waals surface area (Å²) in [5.41, 5.74) is -0.226. The van der Waals surface area contributed by atoms with Crippen molar-refractivity contribution in [2.24, 2.45) is 0 Å². The number of amides is 1. The van der Waals surface area contributed by atoms with E-state index >= 15 is 0 Å². The predicted octanol–water partition coefficient (Wildman–Crippen LogP) is 1.44. The lowest BCUT2D eigenvalue weighted by Crippen LogP contribution is -2.46. The van der Waals surface area contributed by atoms with Crippen LogP contribution in [-0.4, -0.2) is 69.2 Å². The van der Waals surface area contributed by atoms with Crippen LogP contribution in [-0.2, 0) is 5.41 Å². The Balaban J connectivity index is 1.14. The van der Waals surface area contributed by atoms with Gasteiger partial charge < -0.3 is 15.2 Å². The Morgan fingerprint density at radius 2 is 1.94 bits per heavy atom. The third kappa shape index (κ3) is 3.13. The summed E-state index contributed by atoms with van der Waals surface area (Å²) in [5, 5.41) is 6.98. The van der Waals surface area contributed by atoms with E-state index in [0.29, 0.717) is 36.7 Å². The summed E-state index contributed by atoms with van der Waals surface area (Å²) < 4.78 is 29.8. The number of nitrogens with one attached hydrogen (secondary N) is 2. The number of nitrogens with zero attached hydrogens (tertiary/aromatic N) is 5. The van der Waals surface area contributed by atoms with E-state index in [0.717, 1.165) is 32.2 Å². The first kappa shape index (κ1) is 21.2. The van der Waals surface area contributed by atoms with Crippen molar-refractivity contribution in [2.45, 2.75) is 43.2 Å². The number of fused-ring (bicyclic) bond motifs is 2. The van der Waals surface area contributed by atoms with E-state index in [1.807, 2.05) is 4.90 Å². The number of rotatable bonds is 4. The maximum atomic E-state index is 14.6. The molecular formula is C23H25F2N7O2. The van der Waals surface area contributed by atoms with E-state index in [1.54, 1.807) is 12.1 Å². The van der Waals surface area contributed by atoms with Gasteiger partial charge in [0, 0.05) is 50.4 Å². The Bertz CT molecular complexity index is 1340. The molecule has 0 radical (unpaired) electrons. The summed E-state index contributed by atoms with van der Waals surface area (Å²) >= 11 is 0. The summed E-state index contributed by atoms with van der Waals surface area (Å²) in [4.78, 5) is 35.2. The molecule has 4 fully saturated rings. The molecule has 1 aliphatic carbocycles. The highest BCUT2D eigenvalue weighted by molar-refractivity contribution is 5.92. The number of pyridine rings is 1. The highest BCUT2D eigenvalue weighted by Crippen LogP contribution is 2.53. The normalized spacial score (nSPS) is 25.0. The fourth-order valence-corrected chi connectivity index (χ4v) is 5.97. The van der Waals surface area contributed by atoms with Gasteiger partial charge in [-0.05, 0) is 43.9 Å². The van der Waals surface area contributed by atoms with Crippen LogP contribution in [0.1, 0.15) is 42.0 Å². The van der Waals surface area contributed by atoms with Crippen LogP contribution in [0.3, 0.4) is 0 Å².